The zero-order chi connectivity index (χ0) is 15.9. The molecule has 0 saturated carbocycles. The first kappa shape index (κ1) is 15.9. The third-order valence-electron chi connectivity index (χ3n) is 3.16. The molecule has 0 saturated heterocycles. The summed E-state index contributed by atoms with van der Waals surface area (Å²) in [5.74, 6) is 0.818. The summed E-state index contributed by atoms with van der Waals surface area (Å²) in [4.78, 5) is 13.6. The van der Waals surface area contributed by atoms with Crippen molar-refractivity contribution in [2.24, 2.45) is 7.05 Å². The monoisotopic (exact) mass is 302 g/mol. The summed E-state index contributed by atoms with van der Waals surface area (Å²) in [6, 6.07) is 7.71. The molecule has 0 spiro atoms. The van der Waals surface area contributed by atoms with Gasteiger partial charge in [0.2, 0.25) is 0 Å². The molecule has 1 heterocycles. The van der Waals surface area contributed by atoms with Crippen LogP contribution in [-0.4, -0.2) is 40.9 Å². The summed E-state index contributed by atoms with van der Waals surface area (Å²) in [6.45, 7) is 3.44. The second-order valence-electron chi connectivity index (χ2n) is 5.28. The Morgan fingerprint density at radius 1 is 1.45 bits per heavy atom. The van der Waals surface area contributed by atoms with Crippen molar-refractivity contribution in [1.82, 2.24) is 20.0 Å². The topological polar surface area (TPSA) is 59.4 Å². The van der Waals surface area contributed by atoms with Crippen LogP contribution < -0.4 is 10.1 Å². The fourth-order valence-corrected chi connectivity index (χ4v) is 2.07. The predicted molar refractivity (Wildman–Crippen MR) is 84.7 cm³/mol. The summed E-state index contributed by atoms with van der Waals surface area (Å²) in [5.41, 5.74) is 2.15. The molecule has 1 aromatic carbocycles. The van der Waals surface area contributed by atoms with E-state index in [0.717, 1.165) is 16.9 Å². The molecule has 1 aromatic heterocycles. The highest BCUT2D eigenvalue weighted by Gasteiger charge is 2.09. The van der Waals surface area contributed by atoms with E-state index < -0.39 is 0 Å². The van der Waals surface area contributed by atoms with E-state index in [2.05, 4.69) is 10.4 Å². The van der Waals surface area contributed by atoms with Crippen LogP contribution >= 0.6 is 0 Å². The molecule has 0 aliphatic rings. The molecule has 0 atom stereocenters. The highest BCUT2D eigenvalue weighted by molar-refractivity contribution is 5.73. The molecule has 0 radical (unpaired) electrons. The van der Waals surface area contributed by atoms with Gasteiger partial charge < -0.3 is 15.0 Å². The quantitative estimate of drug-likeness (QED) is 0.830. The SMILES string of the molecule is Cc1cccc(OCCNC(=O)N(C)Cc2cnn(C)c2)c1. The molecule has 0 aliphatic carbocycles. The number of nitrogens with one attached hydrogen (secondary N) is 1. The van der Waals surface area contributed by atoms with Crippen molar-refractivity contribution >= 4 is 6.03 Å². The van der Waals surface area contributed by atoms with Crippen LogP contribution in [0, 0.1) is 6.92 Å². The van der Waals surface area contributed by atoms with Gasteiger partial charge in [-0.25, -0.2) is 4.79 Å². The smallest absolute Gasteiger partial charge is 0.317 e. The number of amides is 2. The molecule has 22 heavy (non-hydrogen) atoms. The average molecular weight is 302 g/mol. The average Bonchev–Trinajstić information content (AvgIpc) is 2.88. The number of ether oxygens (including phenoxy) is 1. The maximum Gasteiger partial charge on any atom is 0.317 e. The number of carbonyl (C=O) groups is 1. The molecule has 0 unspecified atom stereocenters. The molecule has 6 nitrogen and oxygen atoms in total. The van der Waals surface area contributed by atoms with E-state index in [1.54, 1.807) is 22.8 Å². The fraction of sp³-hybridized carbons (Fsp3) is 0.375. The number of hydrogen-bond acceptors (Lipinski definition) is 3. The van der Waals surface area contributed by atoms with E-state index in [1.807, 2.05) is 44.4 Å². The maximum absolute atomic E-state index is 12.0. The van der Waals surface area contributed by atoms with Gasteiger partial charge in [-0.05, 0) is 24.6 Å². The molecular weight excluding hydrogens is 280 g/mol. The number of nitrogens with zero attached hydrogens (tertiary/aromatic N) is 3. The van der Waals surface area contributed by atoms with E-state index in [9.17, 15) is 4.79 Å². The Bertz CT molecular complexity index is 624. The van der Waals surface area contributed by atoms with Crippen LogP contribution in [-0.2, 0) is 13.6 Å². The summed E-state index contributed by atoms with van der Waals surface area (Å²) in [5, 5.41) is 6.91. The van der Waals surface area contributed by atoms with E-state index in [1.165, 1.54) is 0 Å². The lowest BCUT2D eigenvalue weighted by Crippen LogP contribution is -2.38. The largest absolute Gasteiger partial charge is 0.492 e. The number of urea groups is 1. The molecule has 2 amide bonds. The molecule has 6 heteroatoms. The molecule has 2 rings (SSSR count). The lowest BCUT2D eigenvalue weighted by atomic mass is 10.2. The Labute approximate surface area is 130 Å². The van der Waals surface area contributed by atoms with E-state index in [-0.39, 0.29) is 6.03 Å². The molecule has 0 aliphatic heterocycles. The summed E-state index contributed by atoms with van der Waals surface area (Å²) >= 11 is 0. The number of rotatable bonds is 6. The van der Waals surface area contributed by atoms with Crippen molar-refractivity contribution in [3.05, 3.63) is 47.8 Å². The second kappa shape index (κ2) is 7.49. The van der Waals surface area contributed by atoms with Crippen LogP contribution in [0.2, 0.25) is 0 Å². The molecule has 1 N–H and O–H groups in total. The Morgan fingerprint density at radius 3 is 2.95 bits per heavy atom. The first-order valence-corrected chi connectivity index (χ1v) is 7.20. The third-order valence-corrected chi connectivity index (χ3v) is 3.16. The molecule has 0 bridgehead atoms. The Hall–Kier alpha value is -2.50. The van der Waals surface area contributed by atoms with Gasteiger partial charge in [-0.2, -0.15) is 5.10 Å². The van der Waals surface area contributed by atoms with Crippen LogP contribution in [0.1, 0.15) is 11.1 Å². The van der Waals surface area contributed by atoms with Crippen molar-refractivity contribution in [1.29, 1.82) is 0 Å². The zero-order valence-electron chi connectivity index (χ0n) is 13.2. The van der Waals surface area contributed by atoms with E-state index >= 15 is 0 Å². The maximum atomic E-state index is 12.0. The van der Waals surface area contributed by atoms with Crippen molar-refractivity contribution in [2.75, 3.05) is 20.2 Å². The Morgan fingerprint density at radius 2 is 2.27 bits per heavy atom. The van der Waals surface area contributed by atoms with Crippen molar-refractivity contribution in [3.63, 3.8) is 0 Å². The van der Waals surface area contributed by atoms with Gasteiger partial charge in [-0.1, -0.05) is 12.1 Å². The van der Waals surface area contributed by atoms with Gasteiger partial charge in [-0.3, -0.25) is 4.68 Å². The molecular formula is C16H22N4O2. The van der Waals surface area contributed by atoms with Gasteiger partial charge in [0.1, 0.15) is 12.4 Å². The highest BCUT2D eigenvalue weighted by Crippen LogP contribution is 2.11. The van der Waals surface area contributed by atoms with Gasteiger partial charge in [-0.15, -0.1) is 0 Å². The molecule has 2 aromatic rings. The fourth-order valence-electron chi connectivity index (χ4n) is 2.07. The van der Waals surface area contributed by atoms with Crippen LogP contribution in [0.15, 0.2) is 36.7 Å². The molecule has 118 valence electrons. The lowest BCUT2D eigenvalue weighted by molar-refractivity contribution is 0.203. The first-order valence-electron chi connectivity index (χ1n) is 7.20. The normalized spacial score (nSPS) is 10.3. The van der Waals surface area contributed by atoms with Crippen LogP contribution in [0.5, 0.6) is 5.75 Å². The minimum absolute atomic E-state index is 0.128. The van der Waals surface area contributed by atoms with Crippen molar-refractivity contribution in [3.8, 4) is 5.75 Å². The van der Waals surface area contributed by atoms with Crippen molar-refractivity contribution in [2.45, 2.75) is 13.5 Å². The number of aryl methyl sites for hydroxylation is 2. The van der Waals surface area contributed by atoms with Gasteiger partial charge in [0.25, 0.3) is 0 Å². The minimum Gasteiger partial charge on any atom is -0.492 e. The zero-order valence-corrected chi connectivity index (χ0v) is 13.2. The standard InChI is InChI=1S/C16H22N4O2/c1-13-5-4-6-15(9-13)22-8-7-17-16(21)19(2)11-14-10-18-20(3)12-14/h4-6,9-10,12H,7-8,11H2,1-3H3,(H,17,21). The third kappa shape index (κ3) is 4.80. The second-order valence-corrected chi connectivity index (χ2v) is 5.28. The summed E-state index contributed by atoms with van der Waals surface area (Å²) in [6.07, 6.45) is 3.65. The number of aromatic nitrogens is 2. The Balaban J connectivity index is 1.68. The first-order chi connectivity index (χ1) is 10.5. The Kier molecular flexibility index (Phi) is 5.41. The summed E-state index contributed by atoms with van der Waals surface area (Å²) in [7, 11) is 3.61. The van der Waals surface area contributed by atoms with E-state index in [0.29, 0.717) is 19.7 Å². The minimum atomic E-state index is -0.128. The van der Waals surface area contributed by atoms with Gasteiger partial charge >= 0.3 is 6.03 Å². The number of hydrogen-bond donors (Lipinski definition) is 1. The van der Waals surface area contributed by atoms with Crippen LogP contribution in [0.25, 0.3) is 0 Å². The van der Waals surface area contributed by atoms with Crippen molar-refractivity contribution < 1.29 is 9.53 Å². The van der Waals surface area contributed by atoms with Crippen LogP contribution in [0.3, 0.4) is 0 Å². The van der Waals surface area contributed by atoms with Gasteiger partial charge in [0.05, 0.1) is 19.3 Å². The highest BCUT2D eigenvalue weighted by atomic mass is 16.5. The van der Waals surface area contributed by atoms with E-state index in [4.69, 9.17) is 4.74 Å². The predicted octanol–water partition coefficient (Wildman–Crippen LogP) is 1.95. The lowest BCUT2D eigenvalue weighted by Gasteiger charge is -2.17. The van der Waals surface area contributed by atoms with Crippen LogP contribution in [0.4, 0.5) is 4.79 Å². The molecule has 0 fully saturated rings. The van der Waals surface area contributed by atoms with Gasteiger partial charge in [0.15, 0.2) is 0 Å². The number of benzene rings is 1. The van der Waals surface area contributed by atoms with Gasteiger partial charge in [0, 0.05) is 25.9 Å². The summed E-state index contributed by atoms with van der Waals surface area (Å²) < 4.78 is 7.31. The number of carbonyl (C=O) groups excluding carboxylic acids is 1.